The van der Waals surface area contributed by atoms with Gasteiger partial charge < -0.3 is 10.6 Å². The third-order valence-electron chi connectivity index (χ3n) is 3.12. The summed E-state index contributed by atoms with van der Waals surface area (Å²) in [6, 6.07) is 14.6. The van der Waals surface area contributed by atoms with Crippen molar-refractivity contribution in [2.45, 2.75) is 6.42 Å². The fourth-order valence-electron chi connectivity index (χ4n) is 1.96. The van der Waals surface area contributed by atoms with Gasteiger partial charge in [0, 0.05) is 11.4 Å². The molecule has 0 saturated carbocycles. The third kappa shape index (κ3) is 6.65. The van der Waals surface area contributed by atoms with E-state index in [1.54, 1.807) is 24.3 Å². The molecular formula is C18H16FN3O2S. The number of thioether (sulfide) groups is 1. The van der Waals surface area contributed by atoms with Crippen LogP contribution in [0, 0.1) is 17.1 Å². The van der Waals surface area contributed by atoms with E-state index >= 15 is 0 Å². The Morgan fingerprint density at radius 1 is 0.920 bits per heavy atom. The van der Waals surface area contributed by atoms with Gasteiger partial charge in [-0.25, -0.2) is 4.39 Å². The molecule has 0 heterocycles. The maximum Gasteiger partial charge on any atom is 0.234 e. The Morgan fingerprint density at radius 2 is 1.40 bits per heavy atom. The minimum absolute atomic E-state index is 0.117. The van der Waals surface area contributed by atoms with Crippen molar-refractivity contribution in [3.8, 4) is 6.07 Å². The van der Waals surface area contributed by atoms with Crippen LogP contribution >= 0.6 is 11.8 Å². The lowest BCUT2D eigenvalue weighted by Gasteiger charge is -2.07. The van der Waals surface area contributed by atoms with Gasteiger partial charge in [-0.1, -0.05) is 12.1 Å². The molecule has 0 radical (unpaired) electrons. The second-order valence-corrected chi connectivity index (χ2v) is 6.11. The number of nitriles is 1. The second-order valence-electron chi connectivity index (χ2n) is 5.13. The minimum Gasteiger partial charge on any atom is -0.325 e. The van der Waals surface area contributed by atoms with Crippen molar-refractivity contribution in [3.63, 3.8) is 0 Å². The van der Waals surface area contributed by atoms with Crippen molar-refractivity contribution in [2.75, 3.05) is 22.1 Å². The molecule has 0 aliphatic rings. The molecule has 0 aliphatic carbocycles. The van der Waals surface area contributed by atoms with Crippen LogP contribution in [0.25, 0.3) is 0 Å². The zero-order chi connectivity index (χ0) is 18.1. The van der Waals surface area contributed by atoms with E-state index in [4.69, 9.17) is 5.26 Å². The molecule has 5 nitrogen and oxygen atoms in total. The van der Waals surface area contributed by atoms with Gasteiger partial charge in [0.2, 0.25) is 11.8 Å². The average molecular weight is 357 g/mol. The maximum atomic E-state index is 12.8. The molecule has 0 atom stereocenters. The molecule has 0 aliphatic heterocycles. The summed E-state index contributed by atoms with van der Waals surface area (Å²) in [6.45, 7) is 0. The lowest BCUT2D eigenvalue weighted by atomic mass is 10.1. The van der Waals surface area contributed by atoms with Gasteiger partial charge in [0.25, 0.3) is 0 Å². The molecule has 2 aromatic rings. The molecule has 0 fully saturated rings. The highest BCUT2D eigenvalue weighted by Gasteiger charge is 2.07. The molecule has 128 valence electrons. The third-order valence-corrected chi connectivity index (χ3v) is 4.05. The molecule has 2 rings (SSSR count). The van der Waals surface area contributed by atoms with Gasteiger partial charge in [0.15, 0.2) is 0 Å². The van der Waals surface area contributed by atoms with Gasteiger partial charge in [0.1, 0.15) is 5.82 Å². The van der Waals surface area contributed by atoms with Crippen LogP contribution in [-0.2, 0) is 16.0 Å². The lowest BCUT2D eigenvalue weighted by molar-refractivity contribution is -0.114. The first-order chi connectivity index (χ1) is 12.1. The standard InChI is InChI=1S/C18H16FN3O2S/c19-14-3-7-16(8-4-14)22-18(24)12-25-11-17(23)21-15-5-1-13(2-6-15)9-10-20/h1-8H,9,11-12H2,(H,21,23)(H,22,24). The highest BCUT2D eigenvalue weighted by Crippen LogP contribution is 2.12. The van der Waals surface area contributed by atoms with Gasteiger partial charge in [-0.3, -0.25) is 9.59 Å². The molecular weight excluding hydrogens is 341 g/mol. The quantitative estimate of drug-likeness (QED) is 0.797. The predicted octanol–water partition coefficient (Wildman–Crippen LogP) is 3.20. The first kappa shape index (κ1) is 18.5. The molecule has 0 bridgehead atoms. The van der Waals surface area contributed by atoms with E-state index in [9.17, 15) is 14.0 Å². The number of anilines is 2. The SMILES string of the molecule is N#CCc1ccc(NC(=O)CSCC(=O)Nc2ccc(F)cc2)cc1. The topological polar surface area (TPSA) is 82.0 Å². The van der Waals surface area contributed by atoms with E-state index in [0.29, 0.717) is 17.8 Å². The Balaban J connectivity index is 1.70. The number of halogens is 1. The van der Waals surface area contributed by atoms with Gasteiger partial charge in [0.05, 0.1) is 24.0 Å². The van der Waals surface area contributed by atoms with Gasteiger partial charge >= 0.3 is 0 Å². The van der Waals surface area contributed by atoms with Crippen LogP contribution in [-0.4, -0.2) is 23.3 Å². The zero-order valence-electron chi connectivity index (χ0n) is 13.3. The van der Waals surface area contributed by atoms with Gasteiger partial charge in [-0.05, 0) is 42.0 Å². The fourth-order valence-corrected chi connectivity index (χ4v) is 2.58. The van der Waals surface area contributed by atoms with Crippen LogP contribution in [0.15, 0.2) is 48.5 Å². The Bertz CT molecular complexity index is 770. The highest BCUT2D eigenvalue weighted by molar-refractivity contribution is 8.00. The van der Waals surface area contributed by atoms with Gasteiger partial charge in [-0.2, -0.15) is 5.26 Å². The number of nitrogens with one attached hydrogen (secondary N) is 2. The van der Waals surface area contributed by atoms with Crippen molar-refractivity contribution >= 4 is 35.0 Å². The summed E-state index contributed by atoms with van der Waals surface area (Å²) in [4.78, 5) is 23.6. The number of rotatable bonds is 7. The fraction of sp³-hybridized carbons (Fsp3) is 0.167. The monoisotopic (exact) mass is 357 g/mol. The van der Waals surface area contributed by atoms with E-state index in [2.05, 4.69) is 16.7 Å². The summed E-state index contributed by atoms with van der Waals surface area (Å²) in [5, 5.41) is 14.0. The summed E-state index contributed by atoms with van der Waals surface area (Å²) in [7, 11) is 0. The molecule has 2 amide bonds. The number of carbonyl (C=O) groups is 2. The van der Waals surface area contributed by atoms with Crippen molar-refractivity contribution < 1.29 is 14.0 Å². The van der Waals surface area contributed by atoms with Crippen molar-refractivity contribution in [1.82, 2.24) is 0 Å². The highest BCUT2D eigenvalue weighted by atomic mass is 32.2. The van der Waals surface area contributed by atoms with Crippen molar-refractivity contribution in [2.24, 2.45) is 0 Å². The van der Waals surface area contributed by atoms with Crippen LogP contribution in [0.4, 0.5) is 15.8 Å². The smallest absolute Gasteiger partial charge is 0.234 e. The first-order valence-electron chi connectivity index (χ1n) is 7.46. The molecule has 0 spiro atoms. The summed E-state index contributed by atoms with van der Waals surface area (Å²) < 4.78 is 12.8. The summed E-state index contributed by atoms with van der Waals surface area (Å²) in [5.41, 5.74) is 2.03. The normalized spacial score (nSPS) is 9.92. The molecule has 2 aromatic carbocycles. The minimum atomic E-state index is -0.371. The number of carbonyl (C=O) groups excluding carboxylic acids is 2. The zero-order valence-corrected chi connectivity index (χ0v) is 14.1. The molecule has 0 aromatic heterocycles. The van der Waals surface area contributed by atoms with Crippen LogP contribution in [0.3, 0.4) is 0 Å². The van der Waals surface area contributed by atoms with Crippen LogP contribution in [0.5, 0.6) is 0 Å². The van der Waals surface area contributed by atoms with Crippen molar-refractivity contribution in [1.29, 1.82) is 5.26 Å². The van der Waals surface area contributed by atoms with E-state index in [-0.39, 0.29) is 29.1 Å². The number of amides is 2. The largest absolute Gasteiger partial charge is 0.325 e. The molecule has 0 unspecified atom stereocenters. The number of benzene rings is 2. The Labute approximate surface area is 149 Å². The van der Waals surface area contributed by atoms with Crippen molar-refractivity contribution in [3.05, 3.63) is 59.9 Å². The lowest BCUT2D eigenvalue weighted by Crippen LogP contribution is -2.18. The van der Waals surface area contributed by atoms with Gasteiger partial charge in [-0.15, -0.1) is 11.8 Å². The van der Waals surface area contributed by atoms with E-state index < -0.39 is 0 Å². The number of hydrogen-bond donors (Lipinski definition) is 2. The van der Waals surface area contributed by atoms with E-state index in [1.165, 1.54) is 36.0 Å². The summed E-state index contributed by atoms with van der Waals surface area (Å²) in [6.07, 6.45) is 0.327. The molecule has 25 heavy (non-hydrogen) atoms. The number of nitrogens with zero attached hydrogens (tertiary/aromatic N) is 1. The molecule has 7 heteroatoms. The van der Waals surface area contributed by atoms with Crippen LogP contribution in [0.1, 0.15) is 5.56 Å². The molecule has 2 N–H and O–H groups in total. The number of hydrogen-bond acceptors (Lipinski definition) is 4. The second kappa shape index (κ2) is 9.45. The predicted molar refractivity (Wildman–Crippen MR) is 96.7 cm³/mol. The Kier molecular flexibility index (Phi) is 6.99. The summed E-state index contributed by atoms with van der Waals surface area (Å²) in [5.74, 6) is -0.592. The Morgan fingerprint density at radius 3 is 1.88 bits per heavy atom. The van der Waals surface area contributed by atoms with Crippen LogP contribution in [0.2, 0.25) is 0 Å². The Hall–Kier alpha value is -2.85. The maximum absolute atomic E-state index is 12.8. The van der Waals surface area contributed by atoms with E-state index in [0.717, 1.165) is 5.56 Å². The molecule has 0 saturated heterocycles. The van der Waals surface area contributed by atoms with E-state index in [1.807, 2.05) is 0 Å². The summed E-state index contributed by atoms with van der Waals surface area (Å²) >= 11 is 1.18. The average Bonchev–Trinajstić information content (AvgIpc) is 2.59. The van der Waals surface area contributed by atoms with Crippen LogP contribution < -0.4 is 10.6 Å². The first-order valence-corrected chi connectivity index (χ1v) is 8.61.